The Morgan fingerprint density at radius 2 is 1.84 bits per heavy atom. The number of carbonyl (C=O) groups excluding carboxylic acids is 1. The monoisotopic (exact) mass is 450 g/mol. The second-order valence-electron chi connectivity index (χ2n) is 9.86. The number of rotatable bonds is 5. The Hall–Kier alpha value is -2.37. The zero-order valence-electron chi connectivity index (χ0n) is 18.7. The van der Waals surface area contributed by atoms with Crippen LogP contribution in [0.2, 0.25) is 5.02 Å². The van der Waals surface area contributed by atoms with Crippen LogP contribution in [0.3, 0.4) is 0 Å². The van der Waals surface area contributed by atoms with E-state index in [9.17, 15) is 4.79 Å². The van der Waals surface area contributed by atoms with Crippen molar-refractivity contribution in [2.75, 3.05) is 6.54 Å². The Balaban J connectivity index is 1.52. The van der Waals surface area contributed by atoms with Crippen LogP contribution >= 0.6 is 11.6 Å². The first kappa shape index (κ1) is 21.5. The summed E-state index contributed by atoms with van der Waals surface area (Å²) in [6, 6.07) is 16.6. The highest BCUT2D eigenvalue weighted by molar-refractivity contribution is 6.30. The number of carbonyl (C=O) groups is 1. The van der Waals surface area contributed by atoms with Crippen LogP contribution in [0.15, 0.2) is 48.5 Å². The third kappa shape index (κ3) is 3.43. The molecule has 1 amide bonds. The van der Waals surface area contributed by atoms with Gasteiger partial charge in [-0.25, -0.2) is 0 Å². The molecule has 5 nitrogen and oxygen atoms in total. The molecule has 3 heterocycles. The molecule has 5 rings (SSSR count). The second kappa shape index (κ2) is 8.20. The number of benzene rings is 2. The molecule has 0 aromatic heterocycles. The number of nitrogen functional groups attached to an aromatic ring is 1. The second-order valence-corrected chi connectivity index (χ2v) is 10.3. The minimum absolute atomic E-state index is 0.0248. The highest BCUT2D eigenvalue weighted by Crippen LogP contribution is 2.56. The van der Waals surface area contributed by atoms with E-state index in [2.05, 4.69) is 35.8 Å². The smallest absolute Gasteiger partial charge is 0.228 e. The molecule has 2 aromatic carbocycles. The van der Waals surface area contributed by atoms with Crippen LogP contribution in [-0.2, 0) is 11.3 Å². The normalized spacial score (nSPS) is 29.6. The van der Waals surface area contributed by atoms with E-state index in [0.29, 0.717) is 24.4 Å². The summed E-state index contributed by atoms with van der Waals surface area (Å²) >= 11 is 6.09. The molecule has 2 aromatic rings. The molecule has 0 aliphatic carbocycles. The Labute approximate surface area is 195 Å². The molecule has 5 atom stereocenters. The zero-order valence-corrected chi connectivity index (χ0v) is 19.4. The predicted molar refractivity (Wildman–Crippen MR) is 128 cm³/mol. The van der Waals surface area contributed by atoms with Gasteiger partial charge >= 0.3 is 0 Å². The summed E-state index contributed by atoms with van der Waals surface area (Å²) in [5, 5.41) is 8.42. The van der Waals surface area contributed by atoms with Gasteiger partial charge in [0, 0.05) is 41.2 Å². The molecule has 0 spiro atoms. The van der Waals surface area contributed by atoms with Gasteiger partial charge in [-0.05, 0) is 48.6 Å². The highest BCUT2D eigenvalue weighted by atomic mass is 35.5. The topological polar surface area (TPSA) is 73.4 Å². The van der Waals surface area contributed by atoms with E-state index >= 15 is 0 Å². The summed E-state index contributed by atoms with van der Waals surface area (Å²) in [6.07, 6.45) is 2.35. The van der Waals surface area contributed by atoms with Gasteiger partial charge in [-0.1, -0.05) is 61.8 Å². The van der Waals surface area contributed by atoms with E-state index in [1.165, 1.54) is 12.0 Å². The molecule has 168 valence electrons. The van der Waals surface area contributed by atoms with Crippen molar-refractivity contribution in [1.29, 1.82) is 5.41 Å². The van der Waals surface area contributed by atoms with Crippen molar-refractivity contribution in [2.45, 2.75) is 51.4 Å². The molecule has 3 aliphatic rings. The maximum absolute atomic E-state index is 14.0. The van der Waals surface area contributed by atoms with Crippen molar-refractivity contribution in [2.24, 2.45) is 23.5 Å². The highest BCUT2D eigenvalue weighted by Gasteiger charge is 2.62. The summed E-state index contributed by atoms with van der Waals surface area (Å²) < 4.78 is 0. The third-order valence-electron chi connectivity index (χ3n) is 7.73. The molecular formula is C26H31ClN4O. The average molecular weight is 451 g/mol. The van der Waals surface area contributed by atoms with Gasteiger partial charge in [-0.2, -0.15) is 0 Å². The van der Waals surface area contributed by atoms with Crippen molar-refractivity contribution in [1.82, 2.24) is 9.80 Å². The SMILES string of the molecule is CC(C)[C@@H]1[C@@H]2[C@H](C(=O)N1Cc1ccc(Cl)cc1)[C@H](c1ccc(C(=N)N)cc1)N1CCC[C@@H]21. The standard InChI is InChI=1S/C26H31ClN4O/c1-15(2)23-21-20-4-3-13-30(20)24(17-7-9-18(10-8-17)25(28)29)22(21)26(32)31(23)14-16-5-11-19(27)12-6-16/h5-12,15,20-24H,3-4,13-14H2,1-2H3,(H3,28,29)/t20-,21-,22-,23+,24-/m0/s1. The fourth-order valence-electron chi connectivity index (χ4n) is 6.55. The number of fused-ring (bicyclic) bond motifs is 3. The summed E-state index contributed by atoms with van der Waals surface area (Å²) in [7, 11) is 0. The lowest BCUT2D eigenvalue weighted by atomic mass is 9.79. The molecule has 6 heteroatoms. The lowest BCUT2D eigenvalue weighted by Crippen LogP contribution is -2.44. The average Bonchev–Trinajstić information content (AvgIpc) is 3.42. The van der Waals surface area contributed by atoms with Crippen LogP contribution in [0, 0.1) is 23.2 Å². The van der Waals surface area contributed by atoms with Gasteiger partial charge in [0.2, 0.25) is 5.91 Å². The van der Waals surface area contributed by atoms with Gasteiger partial charge in [0.05, 0.1) is 5.92 Å². The molecule has 3 N–H and O–H groups in total. The Kier molecular flexibility index (Phi) is 5.50. The van der Waals surface area contributed by atoms with Crippen molar-refractivity contribution in [3.8, 4) is 0 Å². The number of hydrogen-bond acceptors (Lipinski definition) is 3. The van der Waals surface area contributed by atoms with E-state index in [4.69, 9.17) is 22.7 Å². The molecule has 3 aliphatic heterocycles. The van der Waals surface area contributed by atoms with Crippen LogP contribution < -0.4 is 5.73 Å². The van der Waals surface area contributed by atoms with E-state index in [1.54, 1.807) is 0 Å². The maximum atomic E-state index is 14.0. The van der Waals surface area contributed by atoms with Gasteiger partial charge in [0.1, 0.15) is 5.84 Å². The Morgan fingerprint density at radius 1 is 1.16 bits per heavy atom. The van der Waals surface area contributed by atoms with Crippen molar-refractivity contribution in [3.05, 3.63) is 70.2 Å². The van der Waals surface area contributed by atoms with Crippen molar-refractivity contribution in [3.63, 3.8) is 0 Å². The van der Waals surface area contributed by atoms with E-state index in [0.717, 1.165) is 29.1 Å². The number of likely N-dealkylation sites (tertiary alicyclic amines) is 1. The molecule has 0 bridgehead atoms. The van der Waals surface area contributed by atoms with Gasteiger partial charge in [-0.15, -0.1) is 0 Å². The first-order valence-corrected chi connectivity index (χ1v) is 12.0. The van der Waals surface area contributed by atoms with Crippen molar-refractivity contribution >= 4 is 23.3 Å². The molecule has 3 fully saturated rings. The number of nitrogens with two attached hydrogens (primary N) is 1. The fourth-order valence-corrected chi connectivity index (χ4v) is 6.67. The molecule has 0 saturated carbocycles. The van der Waals surface area contributed by atoms with E-state index in [1.807, 2.05) is 36.4 Å². The van der Waals surface area contributed by atoms with E-state index < -0.39 is 0 Å². The maximum Gasteiger partial charge on any atom is 0.228 e. The number of amides is 1. The van der Waals surface area contributed by atoms with Crippen LogP contribution in [0.25, 0.3) is 0 Å². The quantitative estimate of drug-likeness (QED) is 0.522. The number of hydrogen-bond donors (Lipinski definition) is 2. The lowest BCUT2D eigenvalue weighted by molar-refractivity contribution is -0.134. The Morgan fingerprint density at radius 3 is 2.47 bits per heavy atom. The minimum atomic E-state index is -0.0248. The van der Waals surface area contributed by atoms with Crippen LogP contribution in [0.4, 0.5) is 0 Å². The van der Waals surface area contributed by atoms with Crippen LogP contribution in [-0.4, -0.2) is 40.2 Å². The van der Waals surface area contributed by atoms with Gasteiger partial charge < -0.3 is 10.6 Å². The van der Waals surface area contributed by atoms with E-state index in [-0.39, 0.29) is 29.7 Å². The largest absolute Gasteiger partial charge is 0.384 e. The molecule has 0 unspecified atom stereocenters. The fraction of sp³-hybridized carbons (Fsp3) is 0.462. The molecule has 3 saturated heterocycles. The van der Waals surface area contributed by atoms with Crippen LogP contribution in [0.5, 0.6) is 0 Å². The predicted octanol–water partition coefficient (Wildman–Crippen LogP) is 4.44. The summed E-state index contributed by atoms with van der Waals surface area (Å²) in [4.78, 5) is 18.7. The first-order valence-electron chi connectivity index (χ1n) is 11.6. The first-order chi connectivity index (χ1) is 15.4. The van der Waals surface area contributed by atoms with Crippen molar-refractivity contribution < 1.29 is 4.79 Å². The Bertz CT molecular complexity index is 1020. The summed E-state index contributed by atoms with van der Waals surface area (Å²) in [5.74, 6) is 1.06. The number of halogens is 1. The summed E-state index contributed by atoms with van der Waals surface area (Å²) in [6.45, 7) is 6.19. The van der Waals surface area contributed by atoms with Crippen LogP contribution in [0.1, 0.15) is 49.4 Å². The molecule has 0 radical (unpaired) electrons. The number of nitrogens with one attached hydrogen (secondary N) is 1. The third-order valence-corrected chi connectivity index (χ3v) is 7.99. The number of nitrogens with zero attached hydrogens (tertiary/aromatic N) is 2. The lowest BCUT2D eigenvalue weighted by Gasteiger charge is -2.35. The molecular weight excluding hydrogens is 420 g/mol. The molecule has 32 heavy (non-hydrogen) atoms. The van der Waals surface area contributed by atoms with Gasteiger partial charge in [0.25, 0.3) is 0 Å². The zero-order chi connectivity index (χ0) is 22.6. The number of amidine groups is 1. The summed E-state index contributed by atoms with van der Waals surface area (Å²) in [5.41, 5.74) is 8.68. The van der Waals surface area contributed by atoms with Gasteiger partial charge in [-0.3, -0.25) is 15.1 Å². The minimum Gasteiger partial charge on any atom is -0.384 e. The van der Waals surface area contributed by atoms with Gasteiger partial charge in [0.15, 0.2) is 0 Å².